The molecule has 0 fully saturated rings. The number of hydrogen-bond donors (Lipinski definition) is 1. The van der Waals surface area contributed by atoms with Crippen LogP contribution < -0.4 is 5.32 Å². The van der Waals surface area contributed by atoms with Gasteiger partial charge in [0.1, 0.15) is 5.76 Å². The lowest BCUT2D eigenvalue weighted by atomic mass is 10.2. The number of hydrogen-bond acceptors (Lipinski definition) is 4. The molecule has 5 nitrogen and oxygen atoms in total. The van der Waals surface area contributed by atoms with Crippen molar-refractivity contribution in [2.45, 2.75) is 12.6 Å². The molecule has 0 bridgehead atoms. The third kappa shape index (κ3) is 4.50. The number of carbonyl (C=O) groups is 1. The average molecular weight is 342 g/mol. The van der Waals surface area contributed by atoms with Crippen molar-refractivity contribution in [2.24, 2.45) is 0 Å². The first-order chi connectivity index (χ1) is 10.5. The van der Waals surface area contributed by atoms with E-state index in [1.165, 1.54) is 11.3 Å². The first kappa shape index (κ1) is 16.9. The molecule has 22 heavy (non-hydrogen) atoms. The Bertz CT molecular complexity index is 598. The van der Waals surface area contributed by atoms with E-state index in [9.17, 15) is 4.79 Å². The Morgan fingerprint density at radius 2 is 2.14 bits per heavy atom. The van der Waals surface area contributed by atoms with Crippen LogP contribution in [-0.4, -0.2) is 43.5 Å². The van der Waals surface area contributed by atoms with Crippen molar-refractivity contribution in [1.29, 1.82) is 0 Å². The van der Waals surface area contributed by atoms with Gasteiger partial charge in [-0.25, -0.2) is 4.79 Å². The summed E-state index contributed by atoms with van der Waals surface area (Å²) in [7, 11) is 5.67. The standard InChI is InChI=1S/C15H20ClN3O2S/c1-18(2)12(13-5-4-8-21-13)9-17-15(20)19(3)10-11-6-7-14(16)22-11/h4-8,12H,9-10H2,1-3H3,(H,17,20)/t12-/m1/s1. The van der Waals surface area contributed by atoms with E-state index in [-0.39, 0.29) is 12.1 Å². The summed E-state index contributed by atoms with van der Waals surface area (Å²) in [5, 5.41) is 2.94. The lowest BCUT2D eigenvalue weighted by Gasteiger charge is -2.24. The minimum atomic E-state index is -0.122. The molecule has 7 heteroatoms. The van der Waals surface area contributed by atoms with E-state index in [4.69, 9.17) is 16.0 Å². The SMILES string of the molecule is CN(Cc1ccc(Cl)s1)C(=O)NC[C@H](c1ccco1)N(C)C. The van der Waals surface area contributed by atoms with E-state index in [1.807, 2.05) is 43.3 Å². The van der Waals surface area contributed by atoms with Gasteiger partial charge in [0, 0.05) is 18.5 Å². The second-order valence-corrected chi connectivity index (χ2v) is 7.04. The molecule has 0 aliphatic carbocycles. The molecule has 0 radical (unpaired) electrons. The Hall–Kier alpha value is -1.50. The predicted octanol–water partition coefficient (Wildman–Crippen LogP) is 3.44. The van der Waals surface area contributed by atoms with Gasteiger partial charge in [0.25, 0.3) is 0 Å². The van der Waals surface area contributed by atoms with Crippen LogP contribution >= 0.6 is 22.9 Å². The van der Waals surface area contributed by atoms with Gasteiger partial charge in [0.05, 0.1) is 23.2 Å². The first-order valence-corrected chi connectivity index (χ1v) is 8.10. The summed E-state index contributed by atoms with van der Waals surface area (Å²) in [4.78, 5) is 16.9. The second kappa shape index (κ2) is 7.67. The third-order valence-electron chi connectivity index (χ3n) is 3.31. The zero-order valence-electron chi connectivity index (χ0n) is 12.9. The molecule has 0 saturated carbocycles. The molecule has 2 aromatic heterocycles. The van der Waals surface area contributed by atoms with Crippen LogP contribution in [0.5, 0.6) is 0 Å². The smallest absolute Gasteiger partial charge is 0.317 e. The number of likely N-dealkylation sites (N-methyl/N-ethyl adjacent to an activating group) is 1. The van der Waals surface area contributed by atoms with E-state index in [0.717, 1.165) is 15.0 Å². The molecular weight excluding hydrogens is 322 g/mol. The Morgan fingerprint density at radius 3 is 2.68 bits per heavy atom. The monoisotopic (exact) mass is 341 g/mol. The van der Waals surface area contributed by atoms with Crippen LogP contribution in [0.2, 0.25) is 4.34 Å². The van der Waals surface area contributed by atoms with Crippen molar-refractivity contribution < 1.29 is 9.21 Å². The van der Waals surface area contributed by atoms with Crippen molar-refractivity contribution >= 4 is 29.0 Å². The largest absolute Gasteiger partial charge is 0.468 e. The Balaban J connectivity index is 1.88. The maximum Gasteiger partial charge on any atom is 0.317 e. The maximum atomic E-state index is 12.2. The fourth-order valence-electron chi connectivity index (χ4n) is 2.08. The van der Waals surface area contributed by atoms with E-state index >= 15 is 0 Å². The van der Waals surface area contributed by atoms with Gasteiger partial charge in [0.15, 0.2) is 0 Å². The number of nitrogens with one attached hydrogen (secondary N) is 1. The normalized spacial score (nSPS) is 12.4. The Morgan fingerprint density at radius 1 is 1.36 bits per heavy atom. The fraction of sp³-hybridized carbons (Fsp3) is 0.400. The zero-order chi connectivity index (χ0) is 16.1. The highest BCUT2D eigenvalue weighted by Gasteiger charge is 2.19. The van der Waals surface area contributed by atoms with Gasteiger partial charge in [-0.15, -0.1) is 11.3 Å². The Kier molecular flexibility index (Phi) is 5.88. The number of halogens is 1. The summed E-state index contributed by atoms with van der Waals surface area (Å²) in [6.07, 6.45) is 1.64. The van der Waals surface area contributed by atoms with Crippen LogP contribution in [0.1, 0.15) is 16.7 Å². The van der Waals surface area contributed by atoms with Crippen molar-refractivity contribution in [3.63, 3.8) is 0 Å². The van der Waals surface area contributed by atoms with Crippen molar-refractivity contribution in [3.8, 4) is 0 Å². The van der Waals surface area contributed by atoms with Gasteiger partial charge >= 0.3 is 6.03 Å². The van der Waals surface area contributed by atoms with E-state index in [1.54, 1.807) is 18.2 Å². The molecule has 0 unspecified atom stereocenters. The van der Waals surface area contributed by atoms with E-state index in [2.05, 4.69) is 5.32 Å². The molecule has 0 saturated heterocycles. The number of urea groups is 1. The first-order valence-electron chi connectivity index (χ1n) is 6.90. The molecule has 1 N–H and O–H groups in total. The molecule has 0 aliphatic heterocycles. The van der Waals surface area contributed by atoms with Gasteiger partial charge in [-0.2, -0.15) is 0 Å². The number of carbonyl (C=O) groups excluding carboxylic acids is 1. The molecule has 2 aromatic rings. The van der Waals surface area contributed by atoms with Crippen LogP contribution in [0.4, 0.5) is 4.79 Å². The molecule has 0 spiro atoms. The van der Waals surface area contributed by atoms with Crippen LogP contribution in [0.3, 0.4) is 0 Å². The zero-order valence-corrected chi connectivity index (χ0v) is 14.4. The van der Waals surface area contributed by atoms with Crippen LogP contribution in [0.15, 0.2) is 34.9 Å². The predicted molar refractivity (Wildman–Crippen MR) is 89.3 cm³/mol. The van der Waals surface area contributed by atoms with Crippen molar-refractivity contribution in [3.05, 3.63) is 45.5 Å². The maximum absolute atomic E-state index is 12.2. The number of thiophene rings is 1. The Labute approximate surface area is 139 Å². The summed E-state index contributed by atoms with van der Waals surface area (Å²) in [5.41, 5.74) is 0. The molecule has 2 heterocycles. The van der Waals surface area contributed by atoms with Gasteiger partial charge in [-0.1, -0.05) is 11.6 Å². The molecular formula is C15H20ClN3O2S. The number of amides is 2. The van der Waals surface area contributed by atoms with Crippen molar-refractivity contribution in [2.75, 3.05) is 27.7 Å². The van der Waals surface area contributed by atoms with Crippen LogP contribution in [0, 0.1) is 0 Å². The van der Waals surface area contributed by atoms with Crippen LogP contribution in [0.25, 0.3) is 0 Å². The van der Waals surface area contributed by atoms with E-state index < -0.39 is 0 Å². The molecule has 0 aliphatic rings. The van der Waals surface area contributed by atoms with Crippen molar-refractivity contribution in [1.82, 2.24) is 15.1 Å². The van der Waals surface area contributed by atoms with Gasteiger partial charge < -0.3 is 14.6 Å². The molecule has 120 valence electrons. The summed E-state index contributed by atoms with van der Waals surface area (Å²) in [6, 6.07) is 7.41. The number of furan rings is 1. The van der Waals surface area contributed by atoms with Gasteiger partial charge in [0.2, 0.25) is 0 Å². The number of nitrogens with zero attached hydrogens (tertiary/aromatic N) is 2. The summed E-state index contributed by atoms with van der Waals surface area (Å²) < 4.78 is 6.16. The molecule has 2 rings (SSSR count). The molecule has 0 aromatic carbocycles. The highest BCUT2D eigenvalue weighted by molar-refractivity contribution is 7.16. The minimum absolute atomic E-state index is 0.00327. The third-order valence-corrected chi connectivity index (χ3v) is 4.53. The lowest BCUT2D eigenvalue weighted by Crippen LogP contribution is -2.41. The second-order valence-electron chi connectivity index (χ2n) is 5.24. The average Bonchev–Trinajstić information content (AvgIpc) is 3.10. The molecule has 1 atom stereocenters. The summed E-state index contributed by atoms with van der Waals surface area (Å²) in [5.74, 6) is 0.831. The van der Waals surface area contributed by atoms with Gasteiger partial charge in [-0.05, 0) is 38.4 Å². The lowest BCUT2D eigenvalue weighted by molar-refractivity contribution is 0.197. The fourth-order valence-corrected chi connectivity index (χ4v) is 3.22. The topological polar surface area (TPSA) is 48.7 Å². The number of rotatable bonds is 6. The highest BCUT2D eigenvalue weighted by Crippen LogP contribution is 2.22. The minimum Gasteiger partial charge on any atom is -0.468 e. The van der Waals surface area contributed by atoms with Gasteiger partial charge in [-0.3, -0.25) is 4.90 Å². The van der Waals surface area contributed by atoms with E-state index in [0.29, 0.717) is 13.1 Å². The van der Waals surface area contributed by atoms with Crippen LogP contribution in [-0.2, 0) is 6.54 Å². The summed E-state index contributed by atoms with van der Waals surface area (Å²) in [6.45, 7) is 1.02. The molecule has 2 amide bonds. The highest BCUT2D eigenvalue weighted by atomic mass is 35.5. The summed E-state index contributed by atoms with van der Waals surface area (Å²) >= 11 is 7.38. The quantitative estimate of drug-likeness (QED) is 0.875.